The van der Waals surface area contributed by atoms with Crippen molar-refractivity contribution in [2.75, 3.05) is 11.9 Å². The van der Waals surface area contributed by atoms with Crippen molar-refractivity contribution < 1.29 is 9.59 Å². The van der Waals surface area contributed by atoms with Crippen LogP contribution in [0.3, 0.4) is 0 Å². The lowest BCUT2D eigenvalue weighted by Gasteiger charge is -2.30. The summed E-state index contributed by atoms with van der Waals surface area (Å²) in [7, 11) is 0. The highest BCUT2D eigenvalue weighted by molar-refractivity contribution is 6.31. The number of halogens is 1. The fraction of sp³-hybridized carbons (Fsp3) is 0.300. The molecule has 0 aliphatic carbocycles. The number of benzene rings is 2. The summed E-state index contributed by atoms with van der Waals surface area (Å²) in [5, 5.41) is 3.30. The minimum Gasteiger partial charge on any atom is -0.338 e. The van der Waals surface area contributed by atoms with Crippen molar-refractivity contribution in [1.29, 1.82) is 0 Å². The second kappa shape index (κ2) is 8.17. The van der Waals surface area contributed by atoms with Crippen LogP contribution in [0.4, 0.5) is 5.69 Å². The summed E-state index contributed by atoms with van der Waals surface area (Å²) in [6.45, 7) is 6.20. The molecule has 0 saturated carbocycles. The standard InChI is InChI=1S/C20H23ClN2O2/c1-4-23(14-15-9-6-5-7-10-15)19(25)20(2,3)18(24)22-17-12-8-11-16(21)13-17/h5-13H,4,14H2,1-3H3,(H,22,24). The second-order valence-electron chi connectivity index (χ2n) is 6.39. The number of hydrogen-bond donors (Lipinski definition) is 1. The molecule has 0 heterocycles. The van der Waals surface area contributed by atoms with Crippen LogP contribution < -0.4 is 5.32 Å². The Morgan fingerprint density at radius 1 is 1.08 bits per heavy atom. The molecule has 4 nitrogen and oxygen atoms in total. The first-order valence-corrected chi connectivity index (χ1v) is 8.62. The molecule has 0 aromatic heterocycles. The first kappa shape index (κ1) is 19.0. The van der Waals surface area contributed by atoms with Crippen LogP contribution in [0.15, 0.2) is 54.6 Å². The normalized spacial score (nSPS) is 11.0. The van der Waals surface area contributed by atoms with E-state index in [1.807, 2.05) is 37.3 Å². The zero-order valence-electron chi connectivity index (χ0n) is 14.8. The molecule has 2 amide bonds. The van der Waals surface area contributed by atoms with Crippen molar-refractivity contribution in [2.45, 2.75) is 27.3 Å². The van der Waals surface area contributed by atoms with Crippen molar-refractivity contribution >= 4 is 29.1 Å². The number of carbonyl (C=O) groups is 2. The van der Waals surface area contributed by atoms with Crippen molar-refractivity contribution in [3.63, 3.8) is 0 Å². The summed E-state index contributed by atoms with van der Waals surface area (Å²) in [4.78, 5) is 27.3. The van der Waals surface area contributed by atoms with Gasteiger partial charge in [0.1, 0.15) is 5.41 Å². The average Bonchev–Trinajstić information content (AvgIpc) is 2.60. The topological polar surface area (TPSA) is 49.4 Å². The molecule has 132 valence electrons. The largest absolute Gasteiger partial charge is 0.338 e. The lowest BCUT2D eigenvalue weighted by molar-refractivity contribution is -0.146. The van der Waals surface area contributed by atoms with Gasteiger partial charge in [-0.15, -0.1) is 0 Å². The third-order valence-electron chi connectivity index (χ3n) is 4.07. The zero-order chi connectivity index (χ0) is 18.4. The van der Waals surface area contributed by atoms with Crippen LogP contribution in [0.2, 0.25) is 5.02 Å². The molecule has 0 saturated heterocycles. The summed E-state index contributed by atoms with van der Waals surface area (Å²) in [6.07, 6.45) is 0. The van der Waals surface area contributed by atoms with E-state index in [9.17, 15) is 9.59 Å². The van der Waals surface area contributed by atoms with Gasteiger partial charge >= 0.3 is 0 Å². The van der Waals surface area contributed by atoms with Crippen LogP contribution >= 0.6 is 11.6 Å². The molecule has 2 aromatic carbocycles. The second-order valence-corrected chi connectivity index (χ2v) is 6.83. The molecule has 2 rings (SSSR count). The van der Waals surface area contributed by atoms with E-state index in [1.54, 1.807) is 43.0 Å². The van der Waals surface area contributed by atoms with Crippen molar-refractivity contribution in [2.24, 2.45) is 5.41 Å². The highest BCUT2D eigenvalue weighted by Gasteiger charge is 2.38. The van der Waals surface area contributed by atoms with Crippen LogP contribution in [0.25, 0.3) is 0 Å². The zero-order valence-corrected chi connectivity index (χ0v) is 15.5. The third-order valence-corrected chi connectivity index (χ3v) is 4.31. The number of amides is 2. The quantitative estimate of drug-likeness (QED) is 0.780. The van der Waals surface area contributed by atoms with E-state index in [0.717, 1.165) is 5.56 Å². The van der Waals surface area contributed by atoms with E-state index < -0.39 is 5.41 Å². The Hall–Kier alpha value is -2.33. The molecule has 25 heavy (non-hydrogen) atoms. The summed E-state index contributed by atoms with van der Waals surface area (Å²) in [5.41, 5.74) is 0.417. The van der Waals surface area contributed by atoms with Crippen LogP contribution in [-0.4, -0.2) is 23.3 Å². The van der Waals surface area contributed by atoms with Gasteiger partial charge in [-0.1, -0.05) is 48.0 Å². The minimum atomic E-state index is -1.19. The van der Waals surface area contributed by atoms with Crippen molar-refractivity contribution in [3.8, 4) is 0 Å². The summed E-state index contributed by atoms with van der Waals surface area (Å²) >= 11 is 5.94. The summed E-state index contributed by atoms with van der Waals surface area (Å²) < 4.78 is 0. The maximum absolute atomic E-state index is 12.9. The number of anilines is 1. The molecule has 0 aliphatic rings. The fourth-order valence-corrected chi connectivity index (χ4v) is 2.67. The predicted octanol–water partition coefficient (Wildman–Crippen LogP) is 4.35. The van der Waals surface area contributed by atoms with Gasteiger partial charge in [-0.25, -0.2) is 0 Å². The number of hydrogen-bond acceptors (Lipinski definition) is 2. The first-order chi connectivity index (χ1) is 11.8. The highest BCUT2D eigenvalue weighted by Crippen LogP contribution is 2.24. The Labute approximate surface area is 153 Å². The van der Waals surface area contributed by atoms with E-state index in [-0.39, 0.29) is 11.8 Å². The maximum atomic E-state index is 12.9. The molecule has 5 heteroatoms. The van der Waals surface area contributed by atoms with Crippen molar-refractivity contribution in [3.05, 3.63) is 65.2 Å². The predicted molar refractivity (Wildman–Crippen MR) is 101 cm³/mol. The van der Waals surface area contributed by atoms with Crippen LogP contribution in [0.5, 0.6) is 0 Å². The number of nitrogens with zero attached hydrogens (tertiary/aromatic N) is 1. The Bertz CT molecular complexity index is 744. The highest BCUT2D eigenvalue weighted by atomic mass is 35.5. The van der Waals surface area contributed by atoms with E-state index in [0.29, 0.717) is 23.8 Å². The Balaban J connectivity index is 2.12. The van der Waals surface area contributed by atoms with Crippen LogP contribution in [0.1, 0.15) is 26.3 Å². The Kier molecular flexibility index (Phi) is 6.21. The molecule has 2 aromatic rings. The molecule has 0 radical (unpaired) electrons. The van der Waals surface area contributed by atoms with Gasteiger partial charge in [0, 0.05) is 23.8 Å². The molecule has 0 spiro atoms. The van der Waals surface area contributed by atoms with Gasteiger partial charge in [0.15, 0.2) is 0 Å². The minimum absolute atomic E-state index is 0.210. The molecule has 0 aliphatic heterocycles. The van der Waals surface area contributed by atoms with Gasteiger partial charge in [-0.3, -0.25) is 9.59 Å². The van der Waals surface area contributed by atoms with Gasteiger partial charge in [-0.05, 0) is 44.5 Å². The number of carbonyl (C=O) groups excluding carboxylic acids is 2. The van der Waals surface area contributed by atoms with Gasteiger partial charge < -0.3 is 10.2 Å². The first-order valence-electron chi connectivity index (χ1n) is 8.25. The molecule has 0 fully saturated rings. The molecule has 0 bridgehead atoms. The SMILES string of the molecule is CCN(Cc1ccccc1)C(=O)C(C)(C)C(=O)Nc1cccc(Cl)c1. The van der Waals surface area contributed by atoms with Gasteiger partial charge in [0.05, 0.1) is 0 Å². The number of rotatable bonds is 6. The van der Waals surface area contributed by atoms with Crippen molar-refractivity contribution in [1.82, 2.24) is 4.90 Å². The summed E-state index contributed by atoms with van der Waals surface area (Å²) in [5.74, 6) is -0.565. The van der Waals surface area contributed by atoms with Gasteiger partial charge in [0.25, 0.3) is 0 Å². The molecular formula is C20H23ClN2O2. The van der Waals surface area contributed by atoms with E-state index in [2.05, 4.69) is 5.32 Å². The smallest absolute Gasteiger partial charge is 0.239 e. The lowest BCUT2D eigenvalue weighted by Crippen LogP contribution is -2.47. The van der Waals surface area contributed by atoms with E-state index >= 15 is 0 Å². The van der Waals surface area contributed by atoms with Crippen LogP contribution in [-0.2, 0) is 16.1 Å². The van der Waals surface area contributed by atoms with E-state index in [1.165, 1.54) is 0 Å². The molecule has 0 unspecified atom stereocenters. The third kappa shape index (κ3) is 4.83. The Morgan fingerprint density at radius 2 is 1.76 bits per heavy atom. The van der Waals surface area contributed by atoms with Gasteiger partial charge in [-0.2, -0.15) is 0 Å². The summed E-state index contributed by atoms with van der Waals surface area (Å²) in [6, 6.07) is 16.6. The molecule has 1 N–H and O–H groups in total. The Morgan fingerprint density at radius 3 is 2.36 bits per heavy atom. The average molecular weight is 359 g/mol. The maximum Gasteiger partial charge on any atom is 0.239 e. The lowest BCUT2D eigenvalue weighted by atomic mass is 9.90. The molecule has 0 atom stereocenters. The van der Waals surface area contributed by atoms with E-state index in [4.69, 9.17) is 11.6 Å². The molecular weight excluding hydrogens is 336 g/mol. The monoisotopic (exact) mass is 358 g/mol. The number of nitrogens with one attached hydrogen (secondary N) is 1. The van der Waals surface area contributed by atoms with Gasteiger partial charge in [0.2, 0.25) is 11.8 Å². The van der Waals surface area contributed by atoms with Crippen LogP contribution in [0, 0.1) is 5.41 Å². The fourth-order valence-electron chi connectivity index (χ4n) is 2.48.